The third kappa shape index (κ3) is 1.74. The molecule has 3 nitrogen and oxygen atoms in total. The zero-order valence-corrected chi connectivity index (χ0v) is 11.1. The van der Waals surface area contributed by atoms with Crippen molar-refractivity contribution < 1.29 is 5.11 Å². The summed E-state index contributed by atoms with van der Waals surface area (Å²) in [6.45, 7) is 0. The van der Waals surface area contributed by atoms with Crippen LogP contribution >= 0.6 is 11.6 Å². The highest BCUT2D eigenvalue weighted by molar-refractivity contribution is 6.31. The largest absolute Gasteiger partial charge is 0.373 e. The molecule has 2 aromatic rings. The van der Waals surface area contributed by atoms with Crippen molar-refractivity contribution in [3.8, 4) is 0 Å². The summed E-state index contributed by atoms with van der Waals surface area (Å²) in [5, 5.41) is 14.9. The first-order chi connectivity index (χ1) is 9.16. The highest BCUT2D eigenvalue weighted by atomic mass is 35.5. The Labute approximate surface area is 116 Å². The predicted octanol–water partition coefficient (Wildman–Crippen LogP) is 3.03. The molecule has 0 bridgehead atoms. The molecule has 0 fully saturated rings. The predicted molar refractivity (Wildman–Crippen MR) is 77.9 cm³/mol. The Morgan fingerprint density at radius 1 is 1.16 bits per heavy atom. The molecule has 0 aliphatic carbocycles. The van der Waals surface area contributed by atoms with Crippen molar-refractivity contribution in [1.29, 1.82) is 0 Å². The number of fused-ring (bicyclic) bond motifs is 1. The summed E-state index contributed by atoms with van der Waals surface area (Å²) in [6.07, 6.45) is 0. The number of amidine groups is 1. The topological polar surface area (TPSA) is 44.6 Å². The van der Waals surface area contributed by atoms with Crippen molar-refractivity contribution >= 4 is 23.1 Å². The van der Waals surface area contributed by atoms with Gasteiger partial charge in [0.05, 0.1) is 0 Å². The molecule has 2 N–H and O–H groups in total. The van der Waals surface area contributed by atoms with Crippen LogP contribution in [0.25, 0.3) is 0 Å². The molecule has 96 valence electrons. The summed E-state index contributed by atoms with van der Waals surface area (Å²) < 4.78 is 0. The van der Waals surface area contributed by atoms with Crippen molar-refractivity contribution in [3.05, 3.63) is 64.7 Å². The van der Waals surface area contributed by atoms with Crippen LogP contribution in [0.1, 0.15) is 11.1 Å². The molecular formula is C15H13ClN2O. The average molecular weight is 273 g/mol. The normalized spacial score (nSPS) is 23.2. The SMILES string of the molecule is CN=C1Nc2ccc(Cl)cc2C1(O)c1ccccc1. The van der Waals surface area contributed by atoms with Crippen LogP contribution in [0.3, 0.4) is 0 Å². The highest BCUT2D eigenvalue weighted by Crippen LogP contribution is 2.42. The van der Waals surface area contributed by atoms with Gasteiger partial charge in [-0.2, -0.15) is 0 Å². The second kappa shape index (κ2) is 4.37. The van der Waals surface area contributed by atoms with Crippen LogP contribution in [0, 0.1) is 0 Å². The quantitative estimate of drug-likeness (QED) is 0.838. The molecular weight excluding hydrogens is 260 g/mol. The molecule has 0 aromatic heterocycles. The lowest BCUT2D eigenvalue weighted by Gasteiger charge is -2.24. The zero-order chi connectivity index (χ0) is 13.5. The van der Waals surface area contributed by atoms with Gasteiger partial charge in [0.2, 0.25) is 0 Å². The first kappa shape index (κ1) is 12.2. The van der Waals surface area contributed by atoms with E-state index in [4.69, 9.17) is 11.6 Å². The van der Waals surface area contributed by atoms with Gasteiger partial charge in [0, 0.05) is 23.3 Å². The summed E-state index contributed by atoms with van der Waals surface area (Å²) in [4.78, 5) is 4.17. The lowest BCUT2D eigenvalue weighted by atomic mass is 9.87. The van der Waals surface area contributed by atoms with Crippen LogP contribution in [0.5, 0.6) is 0 Å². The molecule has 0 saturated carbocycles. The van der Waals surface area contributed by atoms with Gasteiger partial charge in [0.15, 0.2) is 5.60 Å². The van der Waals surface area contributed by atoms with Crippen molar-refractivity contribution in [3.63, 3.8) is 0 Å². The average Bonchev–Trinajstić information content (AvgIpc) is 2.74. The van der Waals surface area contributed by atoms with Crippen LogP contribution in [0.2, 0.25) is 5.02 Å². The van der Waals surface area contributed by atoms with Gasteiger partial charge in [0.25, 0.3) is 0 Å². The Morgan fingerprint density at radius 3 is 2.58 bits per heavy atom. The number of hydrogen-bond donors (Lipinski definition) is 2. The van der Waals surface area contributed by atoms with Crippen LogP contribution in [-0.4, -0.2) is 18.0 Å². The summed E-state index contributed by atoms with van der Waals surface area (Å²) in [6, 6.07) is 14.9. The van der Waals surface area contributed by atoms with Gasteiger partial charge >= 0.3 is 0 Å². The maximum absolute atomic E-state index is 11.1. The zero-order valence-electron chi connectivity index (χ0n) is 10.4. The molecule has 1 heterocycles. The van der Waals surface area contributed by atoms with E-state index in [9.17, 15) is 5.11 Å². The molecule has 1 aliphatic rings. The number of aliphatic hydroxyl groups is 1. The molecule has 0 amide bonds. The number of nitrogens with one attached hydrogen (secondary N) is 1. The van der Waals surface area contributed by atoms with E-state index in [0.717, 1.165) is 16.8 Å². The Morgan fingerprint density at radius 2 is 1.89 bits per heavy atom. The number of nitrogens with zero attached hydrogens (tertiary/aromatic N) is 1. The van der Waals surface area contributed by atoms with E-state index in [0.29, 0.717) is 10.9 Å². The molecule has 0 radical (unpaired) electrons. The van der Waals surface area contributed by atoms with Gasteiger partial charge < -0.3 is 10.4 Å². The van der Waals surface area contributed by atoms with Crippen LogP contribution in [0.4, 0.5) is 5.69 Å². The molecule has 0 spiro atoms. The number of aliphatic imine (C=N–C) groups is 1. The Bertz CT molecular complexity index is 654. The number of hydrogen-bond acceptors (Lipinski definition) is 2. The van der Waals surface area contributed by atoms with Gasteiger partial charge in [-0.05, 0) is 23.8 Å². The van der Waals surface area contributed by atoms with Crippen LogP contribution in [0.15, 0.2) is 53.5 Å². The lowest BCUT2D eigenvalue weighted by Crippen LogP contribution is -2.35. The molecule has 4 heteroatoms. The molecule has 19 heavy (non-hydrogen) atoms. The summed E-state index contributed by atoms with van der Waals surface area (Å²) in [5.41, 5.74) is 1.06. The van der Waals surface area contributed by atoms with E-state index in [-0.39, 0.29) is 0 Å². The summed E-state index contributed by atoms with van der Waals surface area (Å²) in [7, 11) is 1.66. The number of rotatable bonds is 1. The Kier molecular flexibility index (Phi) is 2.81. The van der Waals surface area contributed by atoms with Gasteiger partial charge in [-0.15, -0.1) is 0 Å². The van der Waals surface area contributed by atoms with E-state index in [1.807, 2.05) is 36.4 Å². The molecule has 0 saturated heterocycles. The third-order valence-electron chi connectivity index (χ3n) is 3.38. The monoisotopic (exact) mass is 272 g/mol. The van der Waals surface area contributed by atoms with E-state index >= 15 is 0 Å². The number of anilines is 1. The Balaban J connectivity index is 2.27. The fraction of sp³-hybridized carbons (Fsp3) is 0.133. The first-order valence-corrected chi connectivity index (χ1v) is 6.36. The third-order valence-corrected chi connectivity index (χ3v) is 3.62. The second-order valence-electron chi connectivity index (χ2n) is 4.46. The van der Waals surface area contributed by atoms with Gasteiger partial charge in [-0.3, -0.25) is 4.99 Å². The Hall–Kier alpha value is -1.84. The van der Waals surface area contributed by atoms with Gasteiger partial charge in [-0.25, -0.2) is 0 Å². The maximum atomic E-state index is 11.1. The maximum Gasteiger partial charge on any atom is 0.174 e. The number of halogens is 1. The molecule has 3 rings (SSSR count). The minimum Gasteiger partial charge on any atom is -0.373 e. The van der Waals surface area contributed by atoms with E-state index in [1.165, 1.54) is 0 Å². The van der Waals surface area contributed by atoms with Crippen molar-refractivity contribution in [2.45, 2.75) is 5.60 Å². The van der Waals surface area contributed by atoms with Gasteiger partial charge in [0.1, 0.15) is 5.84 Å². The summed E-state index contributed by atoms with van der Waals surface area (Å²) >= 11 is 6.05. The second-order valence-corrected chi connectivity index (χ2v) is 4.90. The molecule has 1 unspecified atom stereocenters. The lowest BCUT2D eigenvalue weighted by molar-refractivity contribution is 0.160. The van der Waals surface area contributed by atoms with Gasteiger partial charge in [-0.1, -0.05) is 41.9 Å². The van der Waals surface area contributed by atoms with Crippen molar-refractivity contribution in [1.82, 2.24) is 0 Å². The standard InChI is InChI=1S/C15H13ClN2O/c1-17-14-15(19,10-5-3-2-4-6-10)12-9-11(16)7-8-13(12)18-14/h2-9,19H,1H3,(H,17,18). The van der Waals surface area contributed by atoms with E-state index in [1.54, 1.807) is 19.2 Å². The fourth-order valence-electron chi connectivity index (χ4n) is 2.46. The molecule has 2 aromatic carbocycles. The van der Waals surface area contributed by atoms with E-state index < -0.39 is 5.60 Å². The van der Waals surface area contributed by atoms with E-state index in [2.05, 4.69) is 10.3 Å². The van der Waals surface area contributed by atoms with Crippen molar-refractivity contribution in [2.75, 3.05) is 12.4 Å². The van der Waals surface area contributed by atoms with Crippen LogP contribution < -0.4 is 5.32 Å². The molecule has 1 atom stereocenters. The molecule has 1 aliphatic heterocycles. The summed E-state index contributed by atoms with van der Waals surface area (Å²) in [5.74, 6) is 0.510. The smallest absolute Gasteiger partial charge is 0.174 e. The minimum atomic E-state index is -1.27. The number of benzene rings is 2. The minimum absolute atomic E-state index is 0.510. The van der Waals surface area contributed by atoms with Crippen LogP contribution in [-0.2, 0) is 5.60 Å². The highest BCUT2D eigenvalue weighted by Gasteiger charge is 2.44. The fourth-order valence-corrected chi connectivity index (χ4v) is 2.63. The first-order valence-electron chi connectivity index (χ1n) is 5.98. The van der Waals surface area contributed by atoms with Crippen molar-refractivity contribution in [2.24, 2.45) is 4.99 Å².